The van der Waals surface area contributed by atoms with E-state index in [0.717, 1.165) is 0 Å². The van der Waals surface area contributed by atoms with E-state index in [-0.39, 0.29) is 17.4 Å². The molecule has 0 amide bonds. The van der Waals surface area contributed by atoms with Gasteiger partial charge in [0.2, 0.25) is 0 Å². The summed E-state index contributed by atoms with van der Waals surface area (Å²) in [6, 6.07) is 2.10. The fraction of sp³-hybridized carbons (Fsp3) is 0.250. The second kappa shape index (κ2) is 4.15. The Labute approximate surface area is 85.7 Å². The highest BCUT2D eigenvalue weighted by Gasteiger charge is 2.12. The number of phenolic OH excluding ortho intramolecular Hbond substituents is 1. The van der Waals surface area contributed by atoms with Crippen LogP contribution in [-0.2, 0) is 0 Å². The Kier molecular flexibility index (Phi) is 3.39. The molecule has 1 rings (SSSR count). The summed E-state index contributed by atoms with van der Waals surface area (Å²) in [6.45, 7) is -0.258. The van der Waals surface area contributed by atoms with E-state index in [9.17, 15) is 5.11 Å². The van der Waals surface area contributed by atoms with E-state index in [1.165, 1.54) is 12.1 Å². The van der Waals surface area contributed by atoms with Crippen molar-refractivity contribution in [2.24, 2.45) is 5.73 Å². The minimum absolute atomic E-state index is 0.0593. The van der Waals surface area contributed by atoms with E-state index in [0.29, 0.717) is 10.6 Å². The first kappa shape index (κ1) is 10.6. The molecule has 0 unspecified atom stereocenters. The van der Waals surface area contributed by atoms with Crippen LogP contribution in [0.5, 0.6) is 5.75 Å². The summed E-state index contributed by atoms with van der Waals surface area (Å²) in [5, 5.41) is 18.7. The zero-order valence-corrected chi connectivity index (χ0v) is 8.18. The van der Waals surface area contributed by atoms with Crippen LogP contribution in [0.15, 0.2) is 12.1 Å². The van der Waals surface area contributed by atoms with Gasteiger partial charge in [-0.15, -0.1) is 0 Å². The maximum Gasteiger partial charge on any atom is 0.122 e. The predicted molar refractivity (Wildman–Crippen MR) is 52.1 cm³/mol. The summed E-state index contributed by atoms with van der Waals surface area (Å²) >= 11 is 11.3. The highest BCUT2D eigenvalue weighted by Crippen LogP contribution is 2.32. The van der Waals surface area contributed by atoms with Gasteiger partial charge in [-0.2, -0.15) is 0 Å². The van der Waals surface area contributed by atoms with E-state index >= 15 is 0 Å². The fourth-order valence-corrected chi connectivity index (χ4v) is 1.28. The number of halogens is 2. The Morgan fingerprint density at radius 3 is 2.38 bits per heavy atom. The Bertz CT molecular complexity index is 317. The smallest absolute Gasteiger partial charge is 0.122 e. The van der Waals surface area contributed by atoms with Crippen LogP contribution in [0.4, 0.5) is 0 Å². The summed E-state index contributed by atoms with van der Waals surface area (Å²) in [7, 11) is 0. The van der Waals surface area contributed by atoms with Gasteiger partial charge in [-0.25, -0.2) is 0 Å². The number of hydrogen-bond acceptors (Lipinski definition) is 3. The van der Waals surface area contributed by atoms with Gasteiger partial charge in [-0.05, 0) is 6.07 Å². The third-order valence-electron chi connectivity index (χ3n) is 1.67. The van der Waals surface area contributed by atoms with Gasteiger partial charge in [0, 0.05) is 11.6 Å². The van der Waals surface area contributed by atoms with Crippen molar-refractivity contribution in [3.8, 4) is 5.75 Å². The van der Waals surface area contributed by atoms with Crippen molar-refractivity contribution in [2.45, 2.75) is 6.04 Å². The topological polar surface area (TPSA) is 66.5 Å². The molecular formula is C8H9Cl2NO2. The van der Waals surface area contributed by atoms with Crippen molar-refractivity contribution in [1.82, 2.24) is 0 Å². The van der Waals surface area contributed by atoms with E-state index in [2.05, 4.69) is 0 Å². The monoisotopic (exact) mass is 221 g/mol. The SMILES string of the molecule is N[C@H](CO)c1cc(Cl)c(Cl)cc1O. The molecule has 0 fully saturated rings. The van der Waals surface area contributed by atoms with Crippen LogP contribution in [0.2, 0.25) is 10.0 Å². The molecular weight excluding hydrogens is 213 g/mol. The van der Waals surface area contributed by atoms with Gasteiger partial charge in [0.05, 0.1) is 22.7 Å². The van der Waals surface area contributed by atoms with Gasteiger partial charge in [-0.3, -0.25) is 0 Å². The number of nitrogens with two attached hydrogens (primary N) is 1. The average Bonchev–Trinajstić information content (AvgIpc) is 2.10. The van der Waals surface area contributed by atoms with Gasteiger partial charge in [-0.1, -0.05) is 23.2 Å². The number of hydrogen-bond donors (Lipinski definition) is 3. The second-order valence-corrected chi connectivity index (χ2v) is 3.43. The lowest BCUT2D eigenvalue weighted by molar-refractivity contribution is 0.265. The van der Waals surface area contributed by atoms with E-state index < -0.39 is 6.04 Å². The molecule has 0 aliphatic carbocycles. The number of aromatic hydroxyl groups is 1. The molecule has 72 valence electrons. The Morgan fingerprint density at radius 1 is 1.31 bits per heavy atom. The zero-order valence-electron chi connectivity index (χ0n) is 6.67. The Morgan fingerprint density at radius 2 is 1.85 bits per heavy atom. The second-order valence-electron chi connectivity index (χ2n) is 2.61. The minimum Gasteiger partial charge on any atom is -0.508 e. The number of aliphatic hydroxyl groups excluding tert-OH is 1. The first-order valence-electron chi connectivity index (χ1n) is 3.60. The van der Waals surface area contributed by atoms with Gasteiger partial charge < -0.3 is 15.9 Å². The lowest BCUT2D eigenvalue weighted by atomic mass is 10.1. The quantitative estimate of drug-likeness (QED) is 0.713. The molecule has 0 spiro atoms. The van der Waals surface area contributed by atoms with Gasteiger partial charge >= 0.3 is 0 Å². The molecule has 0 aliphatic heterocycles. The van der Waals surface area contributed by atoms with E-state index in [1.807, 2.05) is 0 Å². The summed E-state index contributed by atoms with van der Waals surface area (Å²) in [5.74, 6) is -0.0593. The van der Waals surface area contributed by atoms with Crippen LogP contribution in [0.1, 0.15) is 11.6 Å². The largest absolute Gasteiger partial charge is 0.508 e. The average molecular weight is 222 g/mol. The lowest BCUT2D eigenvalue weighted by Gasteiger charge is -2.11. The molecule has 0 saturated heterocycles. The van der Waals surface area contributed by atoms with Crippen molar-refractivity contribution in [3.63, 3.8) is 0 Å². The number of phenols is 1. The molecule has 0 aliphatic rings. The summed E-state index contributed by atoms with van der Waals surface area (Å²) in [5.41, 5.74) is 5.89. The fourth-order valence-electron chi connectivity index (χ4n) is 0.947. The zero-order chi connectivity index (χ0) is 10.0. The third kappa shape index (κ3) is 2.25. The van der Waals surface area contributed by atoms with Gasteiger partial charge in [0.25, 0.3) is 0 Å². The van der Waals surface area contributed by atoms with Crippen LogP contribution < -0.4 is 5.73 Å². The summed E-state index contributed by atoms with van der Waals surface area (Å²) in [4.78, 5) is 0. The molecule has 1 aromatic rings. The molecule has 3 nitrogen and oxygen atoms in total. The van der Waals surface area contributed by atoms with Crippen LogP contribution in [0, 0.1) is 0 Å². The summed E-state index contributed by atoms with van der Waals surface area (Å²) < 4.78 is 0. The minimum atomic E-state index is -0.644. The van der Waals surface area contributed by atoms with Crippen LogP contribution in [0.25, 0.3) is 0 Å². The molecule has 5 heteroatoms. The van der Waals surface area contributed by atoms with E-state index in [1.54, 1.807) is 0 Å². The van der Waals surface area contributed by atoms with Gasteiger partial charge in [0.1, 0.15) is 5.75 Å². The molecule has 0 saturated carbocycles. The highest BCUT2D eigenvalue weighted by molar-refractivity contribution is 6.42. The van der Waals surface area contributed by atoms with Crippen LogP contribution in [0.3, 0.4) is 0 Å². The van der Waals surface area contributed by atoms with Gasteiger partial charge in [0.15, 0.2) is 0 Å². The maximum absolute atomic E-state index is 9.38. The maximum atomic E-state index is 9.38. The standard InChI is InChI=1S/C8H9Cl2NO2/c9-5-1-4(7(11)3-12)8(13)2-6(5)10/h1-2,7,12-13H,3,11H2/t7-/m1/s1. The van der Waals surface area contributed by atoms with Crippen molar-refractivity contribution in [1.29, 1.82) is 0 Å². The molecule has 1 atom stereocenters. The lowest BCUT2D eigenvalue weighted by Crippen LogP contribution is -2.14. The van der Waals surface area contributed by atoms with Crippen molar-refractivity contribution in [3.05, 3.63) is 27.7 Å². The molecule has 4 N–H and O–H groups in total. The molecule has 0 heterocycles. The van der Waals surface area contributed by atoms with E-state index in [4.69, 9.17) is 34.0 Å². The number of aliphatic hydroxyl groups is 1. The summed E-state index contributed by atoms with van der Waals surface area (Å²) in [6.07, 6.45) is 0. The Balaban J connectivity index is 3.15. The van der Waals surface area contributed by atoms with Crippen molar-refractivity contribution < 1.29 is 10.2 Å². The predicted octanol–water partition coefficient (Wildman–Crippen LogP) is 1.69. The normalized spacial score (nSPS) is 12.9. The van der Waals surface area contributed by atoms with Crippen LogP contribution >= 0.6 is 23.2 Å². The third-order valence-corrected chi connectivity index (χ3v) is 2.39. The van der Waals surface area contributed by atoms with Crippen molar-refractivity contribution in [2.75, 3.05) is 6.61 Å². The highest BCUT2D eigenvalue weighted by atomic mass is 35.5. The molecule has 0 bridgehead atoms. The molecule has 0 radical (unpaired) electrons. The number of benzene rings is 1. The Hall–Kier alpha value is -0.480. The first-order valence-corrected chi connectivity index (χ1v) is 4.36. The van der Waals surface area contributed by atoms with Crippen molar-refractivity contribution >= 4 is 23.2 Å². The number of rotatable bonds is 2. The first-order chi connectivity index (χ1) is 6.06. The molecule has 0 aromatic heterocycles. The van der Waals surface area contributed by atoms with Crippen LogP contribution in [-0.4, -0.2) is 16.8 Å². The molecule has 1 aromatic carbocycles. The molecule has 13 heavy (non-hydrogen) atoms.